The van der Waals surface area contributed by atoms with E-state index in [4.69, 9.17) is 10.2 Å². The zero-order valence-electron chi connectivity index (χ0n) is 14.5. The molecule has 2 N–H and O–H groups in total. The number of aromatic carboxylic acids is 2. The second-order valence-electron chi connectivity index (χ2n) is 6.38. The first-order valence-corrected chi connectivity index (χ1v) is 8.56. The third-order valence-corrected chi connectivity index (χ3v) is 4.47. The largest absolute Gasteiger partial charge is 0.478 e. The Kier molecular flexibility index (Phi) is 5.31. The Morgan fingerprint density at radius 2 is 1.07 bits per heavy atom. The normalized spacial score (nSPS) is 17.3. The molecule has 1 saturated carbocycles. The van der Waals surface area contributed by atoms with E-state index in [-0.39, 0.29) is 16.9 Å². The second-order valence-corrected chi connectivity index (χ2v) is 6.38. The SMILES string of the molecule is O=C1/C(=C\c2ccc(C(=O)O)cc2)CCC/C1=C/c1ccc(C(=O)O)cc1. The average molecular weight is 362 g/mol. The van der Waals surface area contributed by atoms with Crippen molar-refractivity contribution in [3.63, 3.8) is 0 Å². The molecular weight excluding hydrogens is 344 g/mol. The van der Waals surface area contributed by atoms with E-state index in [2.05, 4.69) is 0 Å². The Labute approximate surface area is 156 Å². The van der Waals surface area contributed by atoms with E-state index in [1.807, 2.05) is 0 Å². The lowest BCUT2D eigenvalue weighted by atomic mass is 9.86. The van der Waals surface area contributed by atoms with Crippen LogP contribution in [0.4, 0.5) is 0 Å². The van der Waals surface area contributed by atoms with Gasteiger partial charge in [-0.15, -0.1) is 0 Å². The van der Waals surface area contributed by atoms with Crippen LogP contribution in [0.1, 0.15) is 51.1 Å². The maximum Gasteiger partial charge on any atom is 0.335 e. The minimum atomic E-state index is -0.984. The van der Waals surface area contributed by atoms with E-state index < -0.39 is 11.9 Å². The number of carboxylic acids is 2. The predicted molar refractivity (Wildman–Crippen MR) is 102 cm³/mol. The first-order chi connectivity index (χ1) is 12.9. The number of rotatable bonds is 4. The van der Waals surface area contributed by atoms with Gasteiger partial charge in [0.05, 0.1) is 11.1 Å². The molecule has 0 radical (unpaired) electrons. The van der Waals surface area contributed by atoms with Crippen LogP contribution in [0.15, 0.2) is 59.7 Å². The fourth-order valence-corrected chi connectivity index (χ4v) is 3.02. The van der Waals surface area contributed by atoms with Gasteiger partial charge in [0.25, 0.3) is 0 Å². The second kappa shape index (κ2) is 7.83. The van der Waals surface area contributed by atoms with E-state index in [0.717, 1.165) is 17.5 Å². The van der Waals surface area contributed by atoms with Gasteiger partial charge in [-0.1, -0.05) is 24.3 Å². The highest BCUT2D eigenvalue weighted by atomic mass is 16.4. The lowest BCUT2D eigenvalue weighted by Crippen LogP contribution is -2.12. The molecule has 1 aliphatic carbocycles. The molecular formula is C22H18O5. The number of carbonyl (C=O) groups is 3. The minimum Gasteiger partial charge on any atom is -0.478 e. The molecule has 0 aromatic heterocycles. The average Bonchev–Trinajstić information content (AvgIpc) is 2.66. The fourth-order valence-electron chi connectivity index (χ4n) is 3.02. The third-order valence-electron chi connectivity index (χ3n) is 4.47. The zero-order chi connectivity index (χ0) is 19.4. The molecule has 2 aromatic carbocycles. The van der Waals surface area contributed by atoms with Gasteiger partial charge in [-0.3, -0.25) is 4.79 Å². The van der Waals surface area contributed by atoms with Gasteiger partial charge in [-0.25, -0.2) is 9.59 Å². The molecule has 0 atom stereocenters. The first-order valence-electron chi connectivity index (χ1n) is 8.56. The van der Waals surface area contributed by atoms with E-state index >= 15 is 0 Å². The number of benzene rings is 2. The van der Waals surface area contributed by atoms with E-state index in [1.165, 1.54) is 24.3 Å². The van der Waals surface area contributed by atoms with E-state index in [0.29, 0.717) is 24.0 Å². The standard InChI is InChI=1S/C22H18O5/c23-20-18(12-14-4-8-16(9-5-14)21(24)25)2-1-3-19(20)13-15-6-10-17(11-7-15)22(26)27/h4-13H,1-3H2,(H,24,25)(H,26,27)/b18-12-,19-13-. The summed E-state index contributed by atoms with van der Waals surface area (Å²) in [5.74, 6) is -1.99. The van der Waals surface area contributed by atoms with Crippen LogP contribution in [0.25, 0.3) is 12.2 Å². The Hall–Kier alpha value is -3.47. The van der Waals surface area contributed by atoms with Crippen LogP contribution in [0.5, 0.6) is 0 Å². The molecule has 0 aliphatic heterocycles. The highest BCUT2D eigenvalue weighted by Crippen LogP contribution is 2.28. The van der Waals surface area contributed by atoms with Gasteiger partial charge >= 0.3 is 11.9 Å². The van der Waals surface area contributed by atoms with Crippen molar-refractivity contribution in [2.24, 2.45) is 0 Å². The van der Waals surface area contributed by atoms with Crippen molar-refractivity contribution in [2.45, 2.75) is 19.3 Å². The molecule has 2 aromatic rings. The highest BCUT2D eigenvalue weighted by molar-refractivity contribution is 6.14. The maximum atomic E-state index is 12.8. The summed E-state index contributed by atoms with van der Waals surface area (Å²) in [4.78, 5) is 34.6. The number of ketones is 1. The molecule has 0 saturated heterocycles. The first kappa shape index (κ1) is 18.3. The molecule has 0 heterocycles. The van der Waals surface area contributed by atoms with Gasteiger partial charge in [-0.2, -0.15) is 0 Å². The number of carboxylic acid groups (broad SMARTS) is 2. The van der Waals surface area contributed by atoms with Crippen molar-refractivity contribution in [3.8, 4) is 0 Å². The Balaban J connectivity index is 1.82. The molecule has 3 rings (SSSR count). The summed E-state index contributed by atoms with van der Waals surface area (Å²) in [6, 6.07) is 12.8. The van der Waals surface area contributed by atoms with Crippen LogP contribution in [0, 0.1) is 0 Å². The maximum absolute atomic E-state index is 12.8. The molecule has 136 valence electrons. The summed E-state index contributed by atoms with van der Waals surface area (Å²) in [5, 5.41) is 17.9. The zero-order valence-corrected chi connectivity index (χ0v) is 14.5. The van der Waals surface area contributed by atoms with Crippen LogP contribution >= 0.6 is 0 Å². The molecule has 0 spiro atoms. The van der Waals surface area contributed by atoms with Gasteiger partial charge in [0.2, 0.25) is 0 Å². The van der Waals surface area contributed by atoms with Crippen molar-refractivity contribution < 1.29 is 24.6 Å². The summed E-state index contributed by atoms with van der Waals surface area (Å²) in [7, 11) is 0. The van der Waals surface area contributed by atoms with Crippen LogP contribution in [0.3, 0.4) is 0 Å². The molecule has 0 amide bonds. The Morgan fingerprint density at radius 3 is 1.41 bits per heavy atom. The van der Waals surface area contributed by atoms with Gasteiger partial charge in [0.1, 0.15) is 0 Å². The fraction of sp³-hybridized carbons (Fsp3) is 0.136. The number of hydrogen-bond donors (Lipinski definition) is 2. The molecule has 0 bridgehead atoms. The van der Waals surface area contributed by atoms with Crippen molar-refractivity contribution in [2.75, 3.05) is 0 Å². The third kappa shape index (κ3) is 4.39. The topological polar surface area (TPSA) is 91.7 Å². The highest BCUT2D eigenvalue weighted by Gasteiger charge is 2.20. The van der Waals surface area contributed by atoms with Crippen molar-refractivity contribution >= 4 is 29.9 Å². The van der Waals surface area contributed by atoms with Gasteiger partial charge in [-0.05, 0) is 66.8 Å². The minimum absolute atomic E-state index is 0.0223. The Morgan fingerprint density at radius 1 is 0.704 bits per heavy atom. The van der Waals surface area contributed by atoms with Crippen molar-refractivity contribution in [3.05, 3.63) is 81.9 Å². The lowest BCUT2D eigenvalue weighted by Gasteiger charge is -2.16. The van der Waals surface area contributed by atoms with Crippen molar-refractivity contribution in [1.29, 1.82) is 0 Å². The van der Waals surface area contributed by atoms with Crippen LogP contribution in [-0.4, -0.2) is 27.9 Å². The van der Waals surface area contributed by atoms with Gasteiger partial charge < -0.3 is 10.2 Å². The summed E-state index contributed by atoms with van der Waals surface area (Å²) < 4.78 is 0. The van der Waals surface area contributed by atoms with Crippen LogP contribution in [0.2, 0.25) is 0 Å². The quantitative estimate of drug-likeness (QED) is 0.791. The van der Waals surface area contributed by atoms with Gasteiger partial charge in [0, 0.05) is 11.1 Å². The summed E-state index contributed by atoms with van der Waals surface area (Å²) >= 11 is 0. The molecule has 5 heteroatoms. The predicted octanol–water partition coefficient (Wildman–Crippen LogP) is 4.30. The molecule has 1 aliphatic rings. The Bertz CT molecular complexity index is 870. The molecule has 0 unspecified atom stereocenters. The number of hydrogen-bond acceptors (Lipinski definition) is 3. The van der Waals surface area contributed by atoms with Crippen molar-refractivity contribution in [1.82, 2.24) is 0 Å². The van der Waals surface area contributed by atoms with E-state index in [9.17, 15) is 14.4 Å². The van der Waals surface area contributed by atoms with Crippen LogP contribution in [-0.2, 0) is 4.79 Å². The van der Waals surface area contributed by atoms with E-state index in [1.54, 1.807) is 36.4 Å². The summed E-state index contributed by atoms with van der Waals surface area (Å²) in [5.41, 5.74) is 3.37. The lowest BCUT2D eigenvalue weighted by molar-refractivity contribution is -0.112. The summed E-state index contributed by atoms with van der Waals surface area (Å²) in [6.07, 6.45) is 5.80. The summed E-state index contributed by atoms with van der Waals surface area (Å²) in [6.45, 7) is 0. The van der Waals surface area contributed by atoms with Gasteiger partial charge in [0.15, 0.2) is 5.78 Å². The monoisotopic (exact) mass is 362 g/mol. The molecule has 5 nitrogen and oxygen atoms in total. The number of carbonyl (C=O) groups excluding carboxylic acids is 1. The number of Topliss-reactive ketones (excluding diaryl/α,β-unsaturated/α-hetero) is 1. The molecule has 27 heavy (non-hydrogen) atoms. The molecule has 1 fully saturated rings. The van der Waals surface area contributed by atoms with Crippen LogP contribution < -0.4 is 0 Å². The smallest absolute Gasteiger partial charge is 0.335 e. The number of allylic oxidation sites excluding steroid dienone is 2.